The molecule has 0 saturated carbocycles. The van der Waals surface area contributed by atoms with Crippen molar-refractivity contribution in [1.29, 1.82) is 0 Å². The summed E-state index contributed by atoms with van der Waals surface area (Å²) in [6, 6.07) is 18.9. The van der Waals surface area contributed by atoms with Crippen LogP contribution in [0.15, 0.2) is 77.8 Å². The van der Waals surface area contributed by atoms with E-state index < -0.39 is 10.0 Å². The van der Waals surface area contributed by atoms with Crippen LogP contribution in [-0.2, 0) is 23.1 Å². The normalized spacial score (nSPS) is 11.7. The van der Waals surface area contributed by atoms with Crippen LogP contribution in [-0.4, -0.2) is 38.3 Å². The van der Waals surface area contributed by atoms with E-state index in [1.165, 1.54) is 16.4 Å². The van der Waals surface area contributed by atoms with Crippen molar-refractivity contribution in [3.8, 4) is 11.4 Å². The molecule has 0 bridgehead atoms. The van der Waals surface area contributed by atoms with Gasteiger partial charge >= 0.3 is 0 Å². The zero-order chi connectivity index (χ0) is 21.0. The molecule has 0 fully saturated rings. The lowest BCUT2D eigenvalue weighted by Crippen LogP contribution is -2.30. The van der Waals surface area contributed by atoms with Crippen LogP contribution in [0.4, 0.5) is 0 Å². The number of hydrogen-bond donors (Lipinski definition) is 1. The first kappa shape index (κ1) is 20.1. The molecule has 10 heteroatoms. The van der Waals surface area contributed by atoms with Gasteiger partial charge in [-0.05, 0) is 58.5 Å². The second-order valence-electron chi connectivity index (χ2n) is 6.50. The van der Waals surface area contributed by atoms with Gasteiger partial charge in [-0.3, -0.25) is 4.98 Å². The van der Waals surface area contributed by atoms with Crippen molar-refractivity contribution >= 4 is 21.6 Å². The standard InChI is InChI=1S/C20H17ClN6O2S/c21-17-7-9-19(10-8-17)30(28,29)27(14-18-6-1-2-11-22-18)13-15-4-3-5-16(12-15)20-23-25-26-24-20/h1-12H,13-14H2,(H,23,24,25,26). The van der Waals surface area contributed by atoms with E-state index in [4.69, 9.17) is 11.6 Å². The number of H-pyrrole nitrogens is 1. The maximum atomic E-state index is 13.4. The summed E-state index contributed by atoms with van der Waals surface area (Å²) < 4.78 is 28.2. The van der Waals surface area contributed by atoms with Gasteiger partial charge in [-0.25, -0.2) is 13.5 Å². The average Bonchev–Trinajstić information content (AvgIpc) is 3.30. The topological polar surface area (TPSA) is 105 Å². The summed E-state index contributed by atoms with van der Waals surface area (Å²) in [5.74, 6) is 0.508. The molecular weight excluding hydrogens is 424 g/mol. The molecule has 2 aromatic carbocycles. The van der Waals surface area contributed by atoms with Gasteiger partial charge in [0.1, 0.15) is 0 Å². The summed E-state index contributed by atoms with van der Waals surface area (Å²) in [5, 5.41) is 14.3. The van der Waals surface area contributed by atoms with Gasteiger partial charge < -0.3 is 0 Å². The largest absolute Gasteiger partial charge is 0.260 e. The van der Waals surface area contributed by atoms with Crippen molar-refractivity contribution in [2.24, 2.45) is 0 Å². The summed E-state index contributed by atoms with van der Waals surface area (Å²) in [6.07, 6.45) is 1.64. The lowest BCUT2D eigenvalue weighted by Gasteiger charge is -2.22. The molecule has 4 rings (SSSR count). The Labute approximate surface area is 178 Å². The van der Waals surface area contributed by atoms with Crippen LogP contribution in [0, 0.1) is 0 Å². The van der Waals surface area contributed by atoms with Crippen LogP contribution >= 0.6 is 11.6 Å². The molecule has 0 aliphatic rings. The van der Waals surface area contributed by atoms with Gasteiger partial charge in [0.2, 0.25) is 10.0 Å². The maximum absolute atomic E-state index is 13.4. The molecule has 0 spiro atoms. The Balaban J connectivity index is 1.69. The van der Waals surface area contributed by atoms with Crippen molar-refractivity contribution in [2.45, 2.75) is 18.0 Å². The second kappa shape index (κ2) is 8.70. The molecule has 2 aromatic heterocycles. The Kier molecular flexibility index (Phi) is 5.84. The van der Waals surface area contributed by atoms with Gasteiger partial charge in [0, 0.05) is 23.3 Å². The first-order chi connectivity index (χ1) is 14.5. The summed E-state index contributed by atoms with van der Waals surface area (Å²) in [5.41, 5.74) is 2.20. The van der Waals surface area contributed by atoms with Gasteiger partial charge in [0.25, 0.3) is 0 Å². The number of halogens is 1. The number of aromatic nitrogens is 5. The quantitative estimate of drug-likeness (QED) is 0.472. The molecule has 0 unspecified atom stereocenters. The number of hydrogen-bond acceptors (Lipinski definition) is 6. The molecule has 1 N–H and O–H groups in total. The maximum Gasteiger partial charge on any atom is 0.243 e. The lowest BCUT2D eigenvalue weighted by atomic mass is 10.1. The van der Waals surface area contributed by atoms with E-state index in [9.17, 15) is 8.42 Å². The predicted octanol–water partition coefficient (Wildman–Crippen LogP) is 3.31. The zero-order valence-corrected chi connectivity index (χ0v) is 17.3. The number of rotatable bonds is 7. The van der Waals surface area contributed by atoms with Crippen LogP contribution in [0.3, 0.4) is 0 Å². The van der Waals surface area contributed by atoms with Crippen LogP contribution < -0.4 is 0 Å². The van der Waals surface area contributed by atoms with Gasteiger partial charge in [0.15, 0.2) is 5.82 Å². The third-order valence-corrected chi connectivity index (χ3v) is 6.48. The number of nitrogens with zero attached hydrogens (tertiary/aromatic N) is 5. The number of benzene rings is 2. The highest BCUT2D eigenvalue weighted by molar-refractivity contribution is 7.89. The Morgan fingerprint density at radius 1 is 0.967 bits per heavy atom. The highest BCUT2D eigenvalue weighted by atomic mass is 35.5. The van der Waals surface area contributed by atoms with Crippen molar-refractivity contribution in [2.75, 3.05) is 0 Å². The van der Waals surface area contributed by atoms with Crippen molar-refractivity contribution < 1.29 is 8.42 Å². The number of aromatic amines is 1. The van der Waals surface area contributed by atoms with Gasteiger partial charge in [0.05, 0.1) is 17.1 Å². The molecule has 30 heavy (non-hydrogen) atoms. The van der Waals surface area contributed by atoms with Crippen LogP contribution in [0.1, 0.15) is 11.3 Å². The van der Waals surface area contributed by atoms with Gasteiger partial charge in [-0.1, -0.05) is 35.9 Å². The molecule has 4 aromatic rings. The summed E-state index contributed by atoms with van der Waals surface area (Å²) in [4.78, 5) is 4.45. The van der Waals surface area contributed by atoms with E-state index in [2.05, 4.69) is 25.6 Å². The third kappa shape index (κ3) is 4.54. The predicted molar refractivity (Wildman–Crippen MR) is 112 cm³/mol. The van der Waals surface area contributed by atoms with Crippen LogP contribution in [0.25, 0.3) is 11.4 Å². The molecule has 0 radical (unpaired) electrons. The zero-order valence-electron chi connectivity index (χ0n) is 15.7. The van der Waals surface area contributed by atoms with Crippen LogP contribution in [0.5, 0.6) is 0 Å². The van der Waals surface area contributed by atoms with E-state index >= 15 is 0 Å². The summed E-state index contributed by atoms with van der Waals surface area (Å²) in [6.45, 7) is 0.275. The Hall–Kier alpha value is -3.14. The van der Waals surface area contributed by atoms with E-state index in [0.29, 0.717) is 16.5 Å². The second-order valence-corrected chi connectivity index (χ2v) is 8.87. The monoisotopic (exact) mass is 440 g/mol. The molecule has 0 aliphatic carbocycles. The third-order valence-electron chi connectivity index (χ3n) is 4.42. The highest BCUT2D eigenvalue weighted by Crippen LogP contribution is 2.24. The van der Waals surface area contributed by atoms with E-state index in [1.54, 1.807) is 30.5 Å². The minimum absolute atomic E-state index is 0.125. The fourth-order valence-corrected chi connectivity index (χ4v) is 4.48. The molecule has 0 aliphatic heterocycles. The summed E-state index contributed by atoms with van der Waals surface area (Å²) >= 11 is 5.93. The number of pyridine rings is 1. The van der Waals surface area contributed by atoms with E-state index in [0.717, 1.165) is 11.1 Å². The molecule has 8 nitrogen and oxygen atoms in total. The molecular formula is C20H17ClN6O2S. The van der Waals surface area contributed by atoms with Crippen molar-refractivity contribution in [1.82, 2.24) is 29.9 Å². The summed E-state index contributed by atoms with van der Waals surface area (Å²) in [7, 11) is -3.79. The Morgan fingerprint density at radius 3 is 2.50 bits per heavy atom. The van der Waals surface area contributed by atoms with Gasteiger partial charge in [-0.2, -0.15) is 4.31 Å². The van der Waals surface area contributed by atoms with Crippen LogP contribution in [0.2, 0.25) is 5.02 Å². The number of tetrazole rings is 1. The highest BCUT2D eigenvalue weighted by Gasteiger charge is 2.25. The molecule has 0 saturated heterocycles. The minimum Gasteiger partial charge on any atom is -0.260 e. The fourth-order valence-electron chi connectivity index (χ4n) is 2.96. The number of nitrogens with one attached hydrogen (secondary N) is 1. The molecule has 152 valence electrons. The first-order valence-electron chi connectivity index (χ1n) is 9.01. The Bertz CT molecular complexity index is 1220. The van der Waals surface area contributed by atoms with E-state index in [-0.39, 0.29) is 18.0 Å². The molecule has 0 amide bonds. The fraction of sp³-hybridized carbons (Fsp3) is 0.100. The molecule has 2 heterocycles. The Morgan fingerprint density at radius 2 is 1.80 bits per heavy atom. The smallest absolute Gasteiger partial charge is 0.243 e. The van der Waals surface area contributed by atoms with Gasteiger partial charge in [-0.15, -0.1) is 5.10 Å². The van der Waals surface area contributed by atoms with Crippen molar-refractivity contribution in [3.05, 3.63) is 89.2 Å². The average molecular weight is 441 g/mol. The minimum atomic E-state index is -3.79. The SMILES string of the molecule is O=S(=O)(c1ccc(Cl)cc1)N(Cc1cccc(-c2nnn[nH]2)c1)Cc1ccccn1. The van der Waals surface area contributed by atoms with E-state index in [1.807, 2.05) is 30.3 Å². The van der Waals surface area contributed by atoms with Crippen molar-refractivity contribution in [3.63, 3.8) is 0 Å². The number of sulfonamides is 1. The lowest BCUT2D eigenvalue weighted by molar-refractivity contribution is 0.397. The molecule has 0 atom stereocenters. The first-order valence-corrected chi connectivity index (χ1v) is 10.8.